The number of β-amino-alcohol motifs (C(OH)–C–C–N with tert-alkyl or cyclic N) is 1. The lowest BCUT2D eigenvalue weighted by Crippen LogP contribution is -2.47. The first kappa shape index (κ1) is 16.9. The zero-order valence-corrected chi connectivity index (χ0v) is 14.2. The van der Waals surface area contributed by atoms with Crippen molar-refractivity contribution in [3.05, 3.63) is 41.5 Å². The van der Waals surface area contributed by atoms with Gasteiger partial charge < -0.3 is 14.4 Å². The van der Waals surface area contributed by atoms with E-state index in [2.05, 4.69) is 19.9 Å². The standard InChI is InChI=1S/C17H24N4O3/c1-13-18-17(24-19-13)12-21-8-6-20(7-9-21)11-16(22)14-4-3-5-15(10-14)23-2/h3-5,10,16,22H,6-9,11-12H2,1-2H3. The Morgan fingerprint density at radius 1 is 1.25 bits per heavy atom. The summed E-state index contributed by atoms with van der Waals surface area (Å²) in [5.41, 5.74) is 0.887. The van der Waals surface area contributed by atoms with Crippen LogP contribution >= 0.6 is 0 Å². The lowest BCUT2D eigenvalue weighted by molar-refractivity contribution is 0.0663. The molecule has 2 heterocycles. The number of rotatable bonds is 6. The molecule has 1 aromatic heterocycles. The summed E-state index contributed by atoms with van der Waals surface area (Å²) in [5, 5.41) is 14.3. The van der Waals surface area contributed by atoms with Crippen molar-refractivity contribution < 1.29 is 14.4 Å². The molecular weight excluding hydrogens is 308 g/mol. The van der Waals surface area contributed by atoms with E-state index < -0.39 is 6.10 Å². The summed E-state index contributed by atoms with van der Waals surface area (Å²) in [6.07, 6.45) is -0.509. The third kappa shape index (κ3) is 4.31. The second kappa shape index (κ2) is 7.74. The maximum atomic E-state index is 10.5. The Balaban J connectivity index is 1.47. The third-order valence-corrected chi connectivity index (χ3v) is 4.30. The summed E-state index contributed by atoms with van der Waals surface area (Å²) < 4.78 is 10.4. The van der Waals surface area contributed by atoms with E-state index in [0.29, 0.717) is 24.8 Å². The largest absolute Gasteiger partial charge is 0.497 e. The van der Waals surface area contributed by atoms with Crippen molar-refractivity contribution in [2.24, 2.45) is 0 Å². The molecule has 1 atom stereocenters. The van der Waals surface area contributed by atoms with Gasteiger partial charge in [0.2, 0.25) is 5.89 Å². The van der Waals surface area contributed by atoms with Crippen LogP contribution in [-0.4, -0.2) is 64.9 Å². The van der Waals surface area contributed by atoms with Crippen molar-refractivity contribution in [1.29, 1.82) is 0 Å². The lowest BCUT2D eigenvalue weighted by atomic mass is 10.1. The summed E-state index contributed by atoms with van der Waals surface area (Å²) >= 11 is 0. The van der Waals surface area contributed by atoms with E-state index in [0.717, 1.165) is 37.5 Å². The van der Waals surface area contributed by atoms with Crippen LogP contribution in [0.25, 0.3) is 0 Å². The van der Waals surface area contributed by atoms with E-state index in [1.165, 1.54) is 0 Å². The van der Waals surface area contributed by atoms with E-state index in [4.69, 9.17) is 9.26 Å². The Bertz CT molecular complexity index is 653. The van der Waals surface area contributed by atoms with Crippen molar-refractivity contribution in [2.45, 2.75) is 19.6 Å². The predicted molar refractivity (Wildman–Crippen MR) is 88.7 cm³/mol. The van der Waals surface area contributed by atoms with E-state index in [-0.39, 0.29) is 0 Å². The SMILES string of the molecule is COc1cccc(C(O)CN2CCN(Cc3nc(C)no3)CC2)c1. The van der Waals surface area contributed by atoms with Crippen LogP contribution in [-0.2, 0) is 6.54 Å². The number of ether oxygens (including phenoxy) is 1. The van der Waals surface area contributed by atoms with Gasteiger partial charge in [-0.3, -0.25) is 9.80 Å². The average Bonchev–Trinajstić information content (AvgIpc) is 3.01. The highest BCUT2D eigenvalue weighted by atomic mass is 16.5. The fraction of sp³-hybridized carbons (Fsp3) is 0.529. The van der Waals surface area contributed by atoms with Crippen LogP contribution in [0.5, 0.6) is 5.75 Å². The average molecular weight is 332 g/mol. The molecule has 1 aliphatic rings. The van der Waals surface area contributed by atoms with Gasteiger partial charge in [0.1, 0.15) is 5.75 Å². The molecule has 0 spiro atoms. The number of piperazine rings is 1. The third-order valence-electron chi connectivity index (χ3n) is 4.30. The van der Waals surface area contributed by atoms with Gasteiger partial charge in [0.25, 0.3) is 0 Å². The van der Waals surface area contributed by atoms with Gasteiger partial charge in [-0.2, -0.15) is 4.98 Å². The summed E-state index contributed by atoms with van der Waals surface area (Å²) in [7, 11) is 1.63. The minimum atomic E-state index is -0.509. The Hall–Kier alpha value is -1.96. The lowest BCUT2D eigenvalue weighted by Gasteiger charge is -2.35. The van der Waals surface area contributed by atoms with E-state index in [1.54, 1.807) is 7.11 Å². The van der Waals surface area contributed by atoms with E-state index in [1.807, 2.05) is 31.2 Å². The monoisotopic (exact) mass is 332 g/mol. The molecule has 24 heavy (non-hydrogen) atoms. The molecule has 3 rings (SSSR count). The van der Waals surface area contributed by atoms with Crippen molar-refractivity contribution in [3.63, 3.8) is 0 Å². The Kier molecular flexibility index (Phi) is 5.44. The molecule has 0 bridgehead atoms. The Morgan fingerprint density at radius 2 is 2.00 bits per heavy atom. The molecule has 0 amide bonds. The van der Waals surface area contributed by atoms with Crippen molar-refractivity contribution in [1.82, 2.24) is 19.9 Å². The molecule has 7 heteroatoms. The predicted octanol–water partition coefficient (Wildman–Crippen LogP) is 1.24. The fourth-order valence-electron chi connectivity index (χ4n) is 2.92. The normalized spacial score (nSPS) is 17.8. The molecule has 0 radical (unpaired) electrons. The topological polar surface area (TPSA) is 74.9 Å². The highest BCUT2D eigenvalue weighted by molar-refractivity contribution is 5.29. The maximum Gasteiger partial charge on any atom is 0.240 e. The number of aliphatic hydroxyl groups is 1. The Morgan fingerprint density at radius 3 is 2.67 bits per heavy atom. The van der Waals surface area contributed by atoms with Crippen LogP contribution in [0.2, 0.25) is 0 Å². The molecule has 1 aromatic carbocycles. The number of aryl methyl sites for hydroxylation is 1. The van der Waals surface area contributed by atoms with Gasteiger partial charge in [-0.25, -0.2) is 0 Å². The van der Waals surface area contributed by atoms with E-state index in [9.17, 15) is 5.11 Å². The van der Waals surface area contributed by atoms with Crippen molar-refractivity contribution in [2.75, 3.05) is 39.8 Å². The zero-order chi connectivity index (χ0) is 16.9. The molecular formula is C17H24N4O3. The van der Waals surface area contributed by atoms with Crippen LogP contribution < -0.4 is 4.74 Å². The van der Waals surface area contributed by atoms with Crippen LogP contribution in [0, 0.1) is 6.92 Å². The number of hydrogen-bond acceptors (Lipinski definition) is 7. The van der Waals surface area contributed by atoms with Gasteiger partial charge in [0.15, 0.2) is 5.82 Å². The van der Waals surface area contributed by atoms with Gasteiger partial charge in [0, 0.05) is 32.7 Å². The minimum Gasteiger partial charge on any atom is -0.497 e. The summed E-state index contributed by atoms with van der Waals surface area (Å²) in [6, 6.07) is 7.61. The van der Waals surface area contributed by atoms with Gasteiger partial charge in [-0.1, -0.05) is 17.3 Å². The number of hydrogen-bond donors (Lipinski definition) is 1. The molecule has 2 aromatic rings. The highest BCUT2D eigenvalue weighted by Gasteiger charge is 2.21. The molecule has 1 aliphatic heterocycles. The van der Waals surface area contributed by atoms with Crippen LogP contribution in [0.1, 0.15) is 23.4 Å². The second-order valence-electron chi connectivity index (χ2n) is 6.10. The molecule has 0 aliphatic carbocycles. The fourth-order valence-corrected chi connectivity index (χ4v) is 2.92. The molecule has 1 N–H and O–H groups in total. The molecule has 1 fully saturated rings. The van der Waals surface area contributed by atoms with Crippen LogP contribution in [0.4, 0.5) is 0 Å². The van der Waals surface area contributed by atoms with Gasteiger partial charge in [0.05, 0.1) is 19.8 Å². The van der Waals surface area contributed by atoms with Crippen molar-refractivity contribution >= 4 is 0 Å². The zero-order valence-electron chi connectivity index (χ0n) is 14.2. The van der Waals surface area contributed by atoms with Crippen molar-refractivity contribution in [3.8, 4) is 5.75 Å². The highest BCUT2D eigenvalue weighted by Crippen LogP contribution is 2.20. The molecule has 1 unspecified atom stereocenters. The molecule has 1 saturated heterocycles. The Labute approximate surface area is 141 Å². The summed E-state index contributed by atoms with van der Waals surface area (Å²) in [4.78, 5) is 8.81. The number of benzene rings is 1. The van der Waals surface area contributed by atoms with E-state index >= 15 is 0 Å². The minimum absolute atomic E-state index is 0.509. The van der Waals surface area contributed by atoms with Crippen LogP contribution in [0.15, 0.2) is 28.8 Å². The number of aromatic nitrogens is 2. The molecule has 7 nitrogen and oxygen atoms in total. The number of aliphatic hydroxyl groups excluding tert-OH is 1. The first-order valence-electron chi connectivity index (χ1n) is 8.20. The first-order chi connectivity index (χ1) is 11.6. The van der Waals surface area contributed by atoms with Gasteiger partial charge in [-0.05, 0) is 24.6 Å². The smallest absolute Gasteiger partial charge is 0.240 e. The van der Waals surface area contributed by atoms with Gasteiger partial charge >= 0.3 is 0 Å². The second-order valence-corrected chi connectivity index (χ2v) is 6.10. The molecule has 0 saturated carbocycles. The van der Waals surface area contributed by atoms with Gasteiger partial charge in [-0.15, -0.1) is 0 Å². The number of nitrogens with zero attached hydrogens (tertiary/aromatic N) is 4. The summed E-state index contributed by atoms with van der Waals surface area (Å²) in [6.45, 7) is 6.81. The maximum absolute atomic E-state index is 10.5. The van der Waals surface area contributed by atoms with Crippen LogP contribution in [0.3, 0.4) is 0 Å². The number of methoxy groups -OCH3 is 1. The quantitative estimate of drug-likeness (QED) is 0.853. The first-order valence-corrected chi connectivity index (χ1v) is 8.20. The molecule has 130 valence electrons. The summed E-state index contributed by atoms with van der Waals surface area (Å²) in [5.74, 6) is 2.11.